The molecular weight excluding hydrogens is 136 g/mol. The predicted molar refractivity (Wildman–Crippen MR) is 49.5 cm³/mol. The average Bonchev–Trinajstić information content (AvgIpc) is 1.86. The summed E-state index contributed by atoms with van der Waals surface area (Å²) in [4.78, 5) is 0. The van der Waals surface area contributed by atoms with Crippen molar-refractivity contribution in [3.63, 3.8) is 0 Å². The van der Waals surface area contributed by atoms with E-state index in [4.69, 9.17) is 0 Å². The van der Waals surface area contributed by atoms with Gasteiger partial charge in [-0.1, -0.05) is 26.8 Å². The molecule has 0 saturated carbocycles. The van der Waals surface area contributed by atoms with Crippen LogP contribution in [0.25, 0.3) is 0 Å². The molecule has 0 saturated heterocycles. The first-order valence-corrected chi connectivity index (χ1v) is 4.19. The Kier molecular flexibility index (Phi) is 3.30. The maximum Gasteiger partial charge on any atom is 0.0625 e. The van der Waals surface area contributed by atoms with E-state index in [-0.39, 0.29) is 5.41 Å². The summed E-state index contributed by atoms with van der Waals surface area (Å²) < 4.78 is 0. The molecule has 0 amide bonds. The fourth-order valence-electron chi connectivity index (χ4n) is 1.18. The Hall–Kier alpha value is -0.300. The van der Waals surface area contributed by atoms with E-state index in [1.165, 1.54) is 0 Å². The van der Waals surface area contributed by atoms with Gasteiger partial charge in [-0.3, -0.25) is 0 Å². The van der Waals surface area contributed by atoms with Gasteiger partial charge >= 0.3 is 0 Å². The molecule has 1 atom stereocenters. The first-order chi connectivity index (χ1) is 4.83. The van der Waals surface area contributed by atoms with Crippen LogP contribution in [0.3, 0.4) is 0 Å². The highest BCUT2D eigenvalue weighted by Crippen LogP contribution is 2.30. The highest BCUT2D eigenvalue weighted by atomic mass is 16.3. The highest BCUT2D eigenvalue weighted by Gasteiger charge is 2.26. The molecule has 0 aliphatic carbocycles. The Morgan fingerprint density at radius 3 is 2.09 bits per heavy atom. The van der Waals surface area contributed by atoms with E-state index in [9.17, 15) is 5.11 Å². The van der Waals surface area contributed by atoms with Crippen LogP contribution in [0.5, 0.6) is 0 Å². The molecule has 1 unspecified atom stereocenters. The van der Waals surface area contributed by atoms with Crippen molar-refractivity contribution in [2.45, 2.75) is 46.1 Å². The van der Waals surface area contributed by atoms with Gasteiger partial charge in [-0.15, -0.1) is 6.58 Å². The largest absolute Gasteiger partial charge is 0.390 e. The summed E-state index contributed by atoms with van der Waals surface area (Å²) in [5, 5.41) is 9.74. The van der Waals surface area contributed by atoms with Crippen LogP contribution in [0.4, 0.5) is 0 Å². The van der Waals surface area contributed by atoms with E-state index in [2.05, 4.69) is 20.4 Å². The summed E-state index contributed by atoms with van der Waals surface area (Å²) in [6.45, 7) is 11.8. The van der Waals surface area contributed by atoms with Gasteiger partial charge in [-0.25, -0.2) is 0 Å². The summed E-state index contributed by atoms with van der Waals surface area (Å²) in [5.74, 6) is 0. The zero-order valence-corrected chi connectivity index (χ0v) is 8.15. The number of allylic oxidation sites excluding steroid dienone is 1. The molecular formula is C10H20O. The molecule has 0 radical (unpaired) electrons. The lowest BCUT2D eigenvalue weighted by Crippen LogP contribution is -2.29. The quantitative estimate of drug-likeness (QED) is 0.620. The molecule has 0 spiro atoms. The molecule has 0 fully saturated rings. The second-order valence-electron chi connectivity index (χ2n) is 4.22. The van der Waals surface area contributed by atoms with Crippen LogP contribution in [-0.2, 0) is 0 Å². The van der Waals surface area contributed by atoms with Crippen LogP contribution < -0.4 is 0 Å². The molecule has 0 aromatic carbocycles. The minimum Gasteiger partial charge on any atom is -0.390 e. The van der Waals surface area contributed by atoms with Gasteiger partial charge in [0.25, 0.3) is 0 Å². The van der Waals surface area contributed by atoms with Crippen molar-refractivity contribution in [3.8, 4) is 0 Å². The average molecular weight is 156 g/mol. The van der Waals surface area contributed by atoms with Gasteiger partial charge in [0.2, 0.25) is 0 Å². The monoisotopic (exact) mass is 156 g/mol. The number of aliphatic hydroxyl groups is 1. The summed E-state index contributed by atoms with van der Waals surface area (Å²) in [6, 6.07) is 0. The molecule has 11 heavy (non-hydrogen) atoms. The number of rotatable bonds is 4. The highest BCUT2D eigenvalue weighted by molar-refractivity contribution is 4.92. The van der Waals surface area contributed by atoms with Crippen molar-refractivity contribution in [2.75, 3.05) is 0 Å². The maximum atomic E-state index is 9.74. The molecule has 0 bridgehead atoms. The van der Waals surface area contributed by atoms with Crippen molar-refractivity contribution >= 4 is 0 Å². The lowest BCUT2D eigenvalue weighted by atomic mass is 9.80. The minimum atomic E-state index is -0.544. The van der Waals surface area contributed by atoms with Crippen molar-refractivity contribution < 1.29 is 5.11 Å². The van der Waals surface area contributed by atoms with Gasteiger partial charge in [0.15, 0.2) is 0 Å². The topological polar surface area (TPSA) is 20.2 Å². The minimum absolute atomic E-state index is 0.0412. The molecule has 1 N–H and O–H groups in total. The van der Waals surface area contributed by atoms with Gasteiger partial charge in [0.05, 0.1) is 5.60 Å². The normalized spacial score (nSPS) is 17.5. The first kappa shape index (κ1) is 10.7. The van der Waals surface area contributed by atoms with Crippen LogP contribution in [0, 0.1) is 5.41 Å². The van der Waals surface area contributed by atoms with Crippen LogP contribution in [-0.4, -0.2) is 10.7 Å². The Bertz CT molecular complexity index is 134. The van der Waals surface area contributed by atoms with Crippen LogP contribution >= 0.6 is 0 Å². The lowest BCUT2D eigenvalue weighted by Gasteiger charge is -2.30. The third-order valence-electron chi connectivity index (χ3n) is 2.15. The molecule has 66 valence electrons. The summed E-state index contributed by atoms with van der Waals surface area (Å²) >= 11 is 0. The van der Waals surface area contributed by atoms with E-state index in [1.54, 1.807) is 0 Å². The third-order valence-corrected chi connectivity index (χ3v) is 2.15. The Morgan fingerprint density at radius 1 is 1.36 bits per heavy atom. The number of hydrogen-bond acceptors (Lipinski definition) is 1. The van der Waals surface area contributed by atoms with Gasteiger partial charge in [-0.05, 0) is 25.2 Å². The van der Waals surface area contributed by atoms with Crippen molar-refractivity contribution in [1.29, 1.82) is 0 Å². The predicted octanol–water partition coefficient (Wildman–Crippen LogP) is 2.75. The third kappa shape index (κ3) is 4.20. The molecule has 0 heterocycles. The molecule has 0 aliphatic rings. The van der Waals surface area contributed by atoms with E-state index in [0.717, 1.165) is 12.8 Å². The maximum absolute atomic E-state index is 9.74. The molecule has 0 aromatic rings. The van der Waals surface area contributed by atoms with E-state index >= 15 is 0 Å². The second kappa shape index (κ2) is 3.40. The standard InChI is InChI=1S/C10H20O/c1-6-9(3,4)8-10(5,11)7-2/h6,11H,1,7-8H2,2-5H3. The summed E-state index contributed by atoms with van der Waals surface area (Å²) in [5.41, 5.74) is -0.503. The molecule has 1 heteroatoms. The van der Waals surface area contributed by atoms with E-state index < -0.39 is 5.60 Å². The van der Waals surface area contributed by atoms with E-state index in [1.807, 2.05) is 19.9 Å². The van der Waals surface area contributed by atoms with Gasteiger partial charge in [-0.2, -0.15) is 0 Å². The Balaban J connectivity index is 4.12. The molecule has 1 nitrogen and oxygen atoms in total. The van der Waals surface area contributed by atoms with Crippen molar-refractivity contribution in [3.05, 3.63) is 12.7 Å². The van der Waals surface area contributed by atoms with Crippen molar-refractivity contribution in [1.82, 2.24) is 0 Å². The summed E-state index contributed by atoms with van der Waals surface area (Å²) in [7, 11) is 0. The van der Waals surface area contributed by atoms with Crippen LogP contribution in [0.15, 0.2) is 12.7 Å². The summed E-state index contributed by atoms with van der Waals surface area (Å²) in [6.07, 6.45) is 3.47. The Labute approximate surface area is 70.1 Å². The first-order valence-electron chi connectivity index (χ1n) is 4.19. The van der Waals surface area contributed by atoms with Gasteiger partial charge < -0.3 is 5.11 Å². The van der Waals surface area contributed by atoms with Crippen molar-refractivity contribution in [2.24, 2.45) is 5.41 Å². The molecule has 0 aromatic heterocycles. The lowest BCUT2D eigenvalue weighted by molar-refractivity contribution is 0.0220. The zero-order chi connectivity index (χ0) is 9.12. The molecule has 0 aliphatic heterocycles. The van der Waals surface area contributed by atoms with Crippen LogP contribution in [0.2, 0.25) is 0 Å². The fourth-order valence-corrected chi connectivity index (χ4v) is 1.18. The second-order valence-corrected chi connectivity index (χ2v) is 4.22. The number of hydrogen-bond donors (Lipinski definition) is 1. The zero-order valence-electron chi connectivity index (χ0n) is 8.15. The van der Waals surface area contributed by atoms with Crippen LogP contribution in [0.1, 0.15) is 40.5 Å². The van der Waals surface area contributed by atoms with Gasteiger partial charge in [0, 0.05) is 0 Å². The van der Waals surface area contributed by atoms with Gasteiger partial charge in [0.1, 0.15) is 0 Å². The smallest absolute Gasteiger partial charge is 0.0625 e. The SMILES string of the molecule is C=CC(C)(C)CC(C)(O)CC. The van der Waals surface area contributed by atoms with E-state index in [0.29, 0.717) is 0 Å². The fraction of sp³-hybridized carbons (Fsp3) is 0.800. The Morgan fingerprint density at radius 2 is 1.82 bits per heavy atom. The molecule has 0 rings (SSSR count).